The quantitative estimate of drug-likeness (QED) is 0.812. The predicted molar refractivity (Wildman–Crippen MR) is 75.5 cm³/mol. The first kappa shape index (κ1) is 14.8. The minimum absolute atomic E-state index is 0.0649. The van der Waals surface area contributed by atoms with Gasteiger partial charge in [0.15, 0.2) is 0 Å². The fraction of sp³-hybridized carbons (Fsp3) is 0.933. The standard InChI is InChI=1S/C15H28N2O2/c1-11-13(7-4-8-14(11)16)15(19)17(9-10-18)12-5-2-3-6-12/h11-14,18H,2-10,16H2,1H3. The molecular weight excluding hydrogens is 240 g/mol. The van der Waals surface area contributed by atoms with Gasteiger partial charge in [0, 0.05) is 24.5 Å². The molecule has 2 aliphatic carbocycles. The Balaban J connectivity index is 2.05. The Labute approximate surface area is 116 Å². The van der Waals surface area contributed by atoms with Crippen molar-refractivity contribution in [2.45, 2.75) is 64.0 Å². The lowest BCUT2D eigenvalue weighted by molar-refractivity contribution is -0.141. The summed E-state index contributed by atoms with van der Waals surface area (Å²) in [4.78, 5) is 14.7. The van der Waals surface area contributed by atoms with Gasteiger partial charge < -0.3 is 15.7 Å². The maximum Gasteiger partial charge on any atom is 0.226 e. The molecule has 4 nitrogen and oxygen atoms in total. The van der Waals surface area contributed by atoms with Gasteiger partial charge in [0.1, 0.15) is 0 Å². The summed E-state index contributed by atoms with van der Waals surface area (Å²) in [5.41, 5.74) is 6.11. The molecule has 1 amide bonds. The van der Waals surface area contributed by atoms with Gasteiger partial charge in [-0.2, -0.15) is 0 Å². The lowest BCUT2D eigenvalue weighted by Gasteiger charge is -2.38. The van der Waals surface area contributed by atoms with E-state index in [0.29, 0.717) is 12.6 Å². The van der Waals surface area contributed by atoms with Gasteiger partial charge in [-0.25, -0.2) is 0 Å². The third-order valence-electron chi connectivity index (χ3n) is 5.07. The fourth-order valence-electron chi connectivity index (χ4n) is 3.76. The van der Waals surface area contributed by atoms with Gasteiger partial charge in [-0.3, -0.25) is 4.79 Å². The molecule has 3 atom stereocenters. The number of aliphatic hydroxyl groups excluding tert-OH is 1. The van der Waals surface area contributed by atoms with Gasteiger partial charge in [0.25, 0.3) is 0 Å². The summed E-state index contributed by atoms with van der Waals surface area (Å²) in [6.45, 7) is 2.66. The zero-order valence-corrected chi connectivity index (χ0v) is 12.1. The third kappa shape index (κ3) is 3.29. The number of rotatable bonds is 4. The number of aliphatic hydroxyl groups is 1. The van der Waals surface area contributed by atoms with Gasteiger partial charge in [-0.1, -0.05) is 26.2 Å². The van der Waals surface area contributed by atoms with Crippen LogP contribution in [0, 0.1) is 11.8 Å². The van der Waals surface area contributed by atoms with Crippen LogP contribution in [0.15, 0.2) is 0 Å². The van der Waals surface area contributed by atoms with E-state index in [0.717, 1.165) is 32.1 Å². The Morgan fingerprint density at radius 1 is 1.21 bits per heavy atom. The minimum Gasteiger partial charge on any atom is -0.395 e. The van der Waals surface area contributed by atoms with Crippen molar-refractivity contribution < 1.29 is 9.90 Å². The number of hydrogen-bond acceptors (Lipinski definition) is 3. The molecule has 3 unspecified atom stereocenters. The van der Waals surface area contributed by atoms with Gasteiger partial charge in [0.2, 0.25) is 5.91 Å². The van der Waals surface area contributed by atoms with Crippen LogP contribution >= 0.6 is 0 Å². The van der Waals surface area contributed by atoms with Crippen LogP contribution in [-0.2, 0) is 4.79 Å². The van der Waals surface area contributed by atoms with Crippen LogP contribution in [0.3, 0.4) is 0 Å². The molecule has 0 aromatic heterocycles. The number of nitrogens with two attached hydrogens (primary N) is 1. The second kappa shape index (κ2) is 6.71. The second-order valence-electron chi connectivity index (χ2n) is 6.25. The first-order valence-electron chi connectivity index (χ1n) is 7.82. The van der Waals surface area contributed by atoms with Gasteiger partial charge in [0.05, 0.1) is 6.61 Å². The van der Waals surface area contributed by atoms with E-state index in [1.165, 1.54) is 12.8 Å². The highest BCUT2D eigenvalue weighted by Gasteiger charge is 2.37. The molecule has 2 saturated carbocycles. The monoisotopic (exact) mass is 268 g/mol. The maximum absolute atomic E-state index is 12.8. The van der Waals surface area contributed by atoms with Crippen molar-refractivity contribution in [3.63, 3.8) is 0 Å². The van der Waals surface area contributed by atoms with Crippen LogP contribution in [0.4, 0.5) is 0 Å². The molecule has 3 N–H and O–H groups in total. The van der Waals surface area contributed by atoms with Crippen molar-refractivity contribution in [2.75, 3.05) is 13.2 Å². The number of nitrogens with zero attached hydrogens (tertiary/aromatic N) is 1. The highest BCUT2D eigenvalue weighted by atomic mass is 16.3. The molecule has 2 rings (SSSR count). The van der Waals surface area contributed by atoms with Crippen LogP contribution < -0.4 is 5.73 Å². The van der Waals surface area contributed by atoms with Gasteiger partial charge in [-0.15, -0.1) is 0 Å². The Bertz CT molecular complexity index is 303. The summed E-state index contributed by atoms with van der Waals surface area (Å²) >= 11 is 0. The molecule has 0 saturated heterocycles. The van der Waals surface area contributed by atoms with E-state index in [4.69, 9.17) is 5.73 Å². The summed E-state index contributed by atoms with van der Waals surface area (Å²) in [6.07, 6.45) is 7.66. The van der Waals surface area contributed by atoms with Crippen molar-refractivity contribution in [1.82, 2.24) is 4.90 Å². The fourth-order valence-corrected chi connectivity index (χ4v) is 3.76. The van der Waals surface area contributed by atoms with Crippen molar-refractivity contribution in [3.8, 4) is 0 Å². The average molecular weight is 268 g/mol. The lowest BCUT2D eigenvalue weighted by Crippen LogP contribution is -2.49. The summed E-state index contributed by atoms with van der Waals surface area (Å²) in [7, 11) is 0. The molecule has 0 aromatic carbocycles. The zero-order chi connectivity index (χ0) is 13.8. The first-order chi connectivity index (χ1) is 9.15. The van der Waals surface area contributed by atoms with E-state index in [-0.39, 0.29) is 30.4 Å². The molecule has 2 fully saturated rings. The highest BCUT2D eigenvalue weighted by molar-refractivity contribution is 5.79. The van der Waals surface area contributed by atoms with Crippen molar-refractivity contribution >= 4 is 5.91 Å². The second-order valence-corrected chi connectivity index (χ2v) is 6.25. The molecule has 0 radical (unpaired) electrons. The van der Waals surface area contributed by atoms with Crippen molar-refractivity contribution in [1.29, 1.82) is 0 Å². The van der Waals surface area contributed by atoms with E-state index in [1.807, 2.05) is 4.90 Å². The van der Waals surface area contributed by atoms with Gasteiger partial charge in [-0.05, 0) is 31.6 Å². The smallest absolute Gasteiger partial charge is 0.226 e. The molecular formula is C15H28N2O2. The van der Waals surface area contributed by atoms with Crippen LogP contribution in [0.1, 0.15) is 51.9 Å². The van der Waals surface area contributed by atoms with E-state index in [2.05, 4.69) is 6.92 Å². The molecule has 2 aliphatic rings. The first-order valence-corrected chi connectivity index (χ1v) is 7.82. The highest BCUT2D eigenvalue weighted by Crippen LogP contribution is 2.33. The number of carbonyl (C=O) groups excluding carboxylic acids is 1. The normalized spacial score (nSPS) is 32.5. The molecule has 0 aromatic rings. The van der Waals surface area contributed by atoms with Crippen molar-refractivity contribution in [2.24, 2.45) is 17.6 Å². The molecule has 19 heavy (non-hydrogen) atoms. The van der Waals surface area contributed by atoms with Crippen LogP contribution in [0.25, 0.3) is 0 Å². The molecule has 0 heterocycles. The molecule has 0 spiro atoms. The number of carbonyl (C=O) groups is 1. The summed E-state index contributed by atoms with van der Waals surface area (Å²) in [6, 6.07) is 0.507. The SMILES string of the molecule is CC1C(N)CCCC1C(=O)N(CCO)C1CCCC1. The predicted octanol–water partition coefficient (Wildman–Crippen LogP) is 1.51. The summed E-state index contributed by atoms with van der Waals surface area (Å²) in [5, 5.41) is 9.24. The molecule has 0 bridgehead atoms. The third-order valence-corrected chi connectivity index (χ3v) is 5.07. The van der Waals surface area contributed by atoms with Crippen molar-refractivity contribution in [3.05, 3.63) is 0 Å². The Morgan fingerprint density at radius 3 is 2.53 bits per heavy atom. The Hall–Kier alpha value is -0.610. The van der Waals surface area contributed by atoms with Crippen LogP contribution in [-0.4, -0.2) is 41.1 Å². The summed E-state index contributed by atoms with van der Waals surface area (Å²) in [5.74, 6) is 0.573. The Morgan fingerprint density at radius 2 is 1.89 bits per heavy atom. The van der Waals surface area contributed by atoms with Gasteiger partial charge >= 0.3 is 0 Å². The topological polar surface area (TPSA) is 66.6 Å². The van der Waals surface area contributed by atoms with E-state index < -0.39 is 0 Å². The lowest BCUT2D eigenvalue weighted by atomic mass is 9.76. The van der Waals surface area contributed by atoms with E-state index in [1.54, 1.807) is 0 Å². The van der Waals surface area contributed by atoms with E-state index in [9.17, 15) is 9.90 Å². The molecule has 110 valence electrons. The maximum atomic E-state index is 12.8. The molecule has 0 aliphatic heterocycles. The molecule has 4 heteroatoms. The van der Waals surface area contributed by atoms with E-state index >= 15 is 0 Å². The summed E-state index contributed by atoms with van der Waals surface area (Å²) < 4.78 is 0. The van der Waals surface area contributed by atoms with Crippen LogP contribution in [0.2, 0.25) is 0 Å². The number of hydrogen-bond donors (Lipinski definition) is 2. The largest absolute Gasteiger partial charge is 0.395 e. The Kier molecular flexibility index (Phi) is 5.22. The average Bonchev–Trinajstić information content (AvgIpc) is 2.92. The van der Waals surface area contributed by atoms with Crippen LogP contribution in [0.5, 0.6) is 0 Å². The number of amides is 1. The zero-order valence-electron chi connectivity index (χ0n) is 12.1. The minimum atomic E-state index is 0.0649.